The topological polar surface area (TPSA) is 124 Å². The van der Waals surface area contributed by atoms with E-state index in [4.69, 9.17) is 53.4 Å². The Hall–Kier alpha value is -2.57. The van der Waals surface area contributed by atoms with Crippen LogP contribution in [0.5, 0.6) is 0 Å². The lowest BCUT2D eigenvalue weighted by atomic mass is 10.1. The fourth-order valence-electron chi connectivity index (χ4n) is 8.19. The summed E-state index contributed by atoms with van der Waals surface area (Å²) < 4.78 is 73.2. The van der Waals surface area contributed by atoms with Crippen molar-refractivity contribution in [2.75, 3.05) is 50.2 Å². The minimum absolute atomic E-state index is 0.0220. The second kappa shape index (κ2) is 16.9. The normalized spacial score (nSPS) is 30.5. The van der Waals surface area contributed by atoms with Gasteiger partial charge in [0.15, 0.2) is 52.1 Å². The van der Waals surface area contributed by atoms with Crippen LogP contribution in [0.4, 0.5) is 14.6 Å². The molecule has 296 valence electrons. The number of fused-ring (bicyclic) bond motifs is 2. The van der Waals surface area contributed by atoms with Crippen LogP contribution in [0.3, 0.4) is 0 Å². The average Bonchev–Trinajstić information content (AvgIpc) is 3.60. The Bertz CT molecular complexity index is 1730. The lowest BCUT2D eigenvalue weighted by Gasteiger charge is -2.27. The van der Waals surface area contributed by atoms with Gasteiger partial charge in [-0.15, -0.1) is 5.10 Å². The van der Waals surface area contributed by atoms with Crippen LogP contribution in [0, 0.1) is 11.6 Å². The van der Waals surface area contributed by atoms with E-state index in [0.29, 0.717) is 61.5 Å². The standard InChI is InChI=1S/C38H52F2N6O7S/c1-4-19-54-37-41-35(45(13-16-50-30-9-5-7-14-48-30)27-21-24(27)23-11-12-25(39)26(40)20-23)32-36(42-37)46(44-43-32)28-22-29(34-33(28)52-38(2,3)53-34)47-17-18-51-31-10-6-8-15-49-31/h11-12,20,24,27-31,33-34H,4-10,13-19,21-22H2,1-3H3. The molecule has 5 fully saturated rings. The molecule has 3 saturated heterocycles. The van der Waals surface area contributed by atoms with E-state index >= 15 is 0 Å². The first kappa shape index (κ1) is 38.3. The summed E-state index contributed by atoms with van der Waals surface area (Å²) in [5.41, 5.74) is 1.90. The van der Waals surface area contributed by atoms with Crippen LogP contribution in [-0.4, -0.2) is 113 Å². The first-order valence-corrected chi connectivity index (χ1v) is 20.7. The van der Waals surface area contributed by atoms with Gasteiger partial charge in [0.2, 0.25) is 0 Å². The van der Waals surface area contributed by atoms with Gasteiger partial charge in [-0.05, 0) is 82.9 Å². The Labute approximate surface area is 319 Å². The van der Waals surface area contributed by atoms with E-state index in [1.807, 2.05) is 18.5 Å². The number of nitrogens with zero attached hydrogens (tertiary/aromatic N) is 6. The highest BCUT2D eigenvalue weighted by Gasteiger charge is 2.56. The molecule has 2 aliphatic carbocycles. The first-order valence-electron chi connectivity index (χ1n) is 19.7. The number of benzene rings is 1. The Kier molecular flexibility index (Phi) is 12.0. The van der Waals surface area contributed by atoms with E-state index in [-0.39, 0.29) is 48.9 Å². The molecule has 3 aliphatic heterocycles. The lowest BCUT2D eigenvalue weighted by molar-refractivity contribution is -0.184. The summed E-state index contributed by atoms with van der Waals surface area (Å²) in [6.07, 6.45) is 6.94. The molecule has 0 amide bonds. The maximum atomic E-state index is 14.4. The molecule has 2 aromatic heterocycles. The van der Waals surface area contributed by atoms with Gasteiger partial charge in [0.05, 0.1) is 32.0 Å². The third-order valence-electron chi connectivity index (χ3n) is 10.8. The van der Waals surface area contributed by atoms with E-state index in [1.54, 1.807) is 17.8 Å². The largest absolute Gasteiger partial charge is 0.373 e. The van der Waals surface area contributed by atoms with Crippen LogP contribution in [0.25, 0.3) is 11.2 Å². The van der Waals surface area contributed by atoms with Crippen molar-refractivity contribution < 1.29 is 41.9 Å². The molecule has 8 atom stereocenters. The van der Waals surface area contributed by atoms with Gasteiger partial charge in [0, 0.05) is 43.9 Å². The van der Waals surface area contributed by atoms with Gasteiger partial charge in [-0.25, -0.2) is 23.4 Å². The summed E-state index contributed by atoms with van der Waals surface area (Å²) in [7, 11) is 0. The van der Waals surface area contributed by atoms with E-state index in [9.17, 15) is 8.78 Å². The predicted octanol–water partition coefficient (Wildman–Crippen LogP) is 6.30. The highest BCUT2D eigenvalue weighted by Crippen LogP contribution is 2.49. The molecule has 5 heterocycles. The Balaban J connectivity index is 1.08. The zero-order valence-corrected chi connectivity index (χ0v) is 32.2. The number of aromatic nitrogens is 5. The molecule has 0 radical (unpaired) electrons. The van der Waals surface area contributed by atoms with E-state index in [0.717, 1.165) is 69.3 Å². The van der Waals surface area contributed by atoms with Crippen molar-refractivity contribution in [2.24, 2.45) is 0 Å². The molecule has 13 nitrogen and oxygen atoms in total. The van der Waals surface area contributed by atoms with Gasteiger partial charge in [0.1, 0.15) is 12.2 Å². The Morgan fingerprint density at radius 1 is 0.907 bits per heavy atom. The molecule has 1 aromatic carbocycles. The number of anilines is 1. The molecule has 16 heteroatoms. The Morgan fingerprint density at radius 2 is 1.65 bits per heavy atom. The molecule has 3 aromatic rings. The molecule has 0 spiro atoms. The van der Waals surface area contributed by atoms with Crippen molar-refractivity contribution in [3.05, 3.63) is 35.4 Å². The SMILES string of the molecule is CCCSc1nc(N(CCOC2CCCCO2)C2CC2c2ccc(F)c(F)c2)c2nnn(C3CC(OCCOC4CCCCO4)C4OC(C)(C)OC43)c2n1. The molecular formula is C38H52F2N6O7S. The summed E-state index contributed by atoms with van der Waals surface area (Å²) in [6, 6.07) is 3.85. The zero-order chi connectivity index (χ0) is 37.2. The maximum absolute atomic E-state index is 14.4. The summed E-state index contributed by atoms with van der Waals surface area (Å²) in [4.78, 5) is 12.3. The van der Waals surface area contributed by atoms with Gasteiger partial charge in [0.25, 0.3) is 0 Å². The average molecular weight is 775 g/mol. The minimum atomic E-state index is -0.857. The van der Waals surface area contributed by atoms with Crippen molar-refractivity contribution in [2.45, 2.75) is 138 Å². The summed E-state index contributed by atoms with van der Waals surface area (Å²) >= 11 is 1.58. The Morgan fingerprint density at radius 3 is 2.37 bits per heavy atom. The number of ether oxygens (including phenoxy) is 7. The molecule has 8 unspecified atom stereocenters. The van der Waals surface area contributed by atoms with Gasteiger partial charge < -0.3 is 38.1 Å². The van der Waals surface area contributed by atoms with Crippen molar-refractivity contribution in [1.82, 2.24) is 25.0 Å². The highest BCUT2D eigenvalue weighted by molar-refractivity contribution is 7.99. The van der Waals surface area contributed by atoms with Gasteiger partial charge in [-0.1, -0.05) is 30.0 Å². The monoisotopic (exact) mass is 774 g/mol. The fourth-order valence-corrected chi connectivity index (χ4v) is 8.88. The van der Waals surface area contributed by atoms with Gasteiger partial charge >= 0.3 is 0 Å². The summed E-state index contributed by atoms with van der Waals surface area (Å²) in [5.74, 6) is -1.06. The number of hydrogen-bond donors (Lipinski definition) is 0. The predicted molar refractivity (Wildman–Crippen MR) is 195 cm³/mol. The van der Waals surface area contributed by atoms with Crippen molar-refractivity contribution in [1.29, 1.82) is 0 Å². The molecular weight excluding hydrogens is 723 g/mol. The van der Waals surface area contributed by atoms with Crippen LogP contribution < -0.4 is 4.90 Å². The molecule has 5 aliphatic rings. The van der Waals surface area contributed by atoms with Crippen molar-refractivity contribution >= 4 is 28.7 Å². The number of thioether (sulfide) groups is 1. The molecule has 2 saturated carbocycles. The van der Waals surface area contributed by atoms with E-state index in [2.05, 4.69) is 11.8 Å². The third kappa shape index (κ3) is 8.55. The van der Waals surface area contributed by atoms with E-state index in [1.165, 1.54) is 12.1 Å². The number of halogens is 2. The van der Waals surface area contributed by atoms with Crippen LogP contribution in [0.15, 0.2) is 23.4 Å². The first-order chi connectivity index (χ1) is 26.3. The third-order valence-corrected chi connectivity index (χ3v) is 11.9. The smallest absolute Gasteiger partial charge is 0.191 e. The van der Waals surface area contributed by atoms with Gasteiger partial charge in [-0.3, -0.25) is 0 Å². The van der Waals surface area contributed by atoms with Crippen molar-refractivity contribution in [3.63, 3.8) is 0 Å². The van der Waals surface area contributed by atoms with Crippen LogP contribution in [0.2, 0.25) is 0 Å². The highest BCUT2D eigenvalue weighted by atomic mass is 32.2. The second-order valence-electron chi connectivity index (χ2n) is 15.3. The molecule has 54 heavy (non-hydrogen) atoms. The zero-order valence-electron chi connectivity index (χ0n) is 31.4. The summed E-state index contributed by atoms with van der Waals surface area (Å²) in [6.45, 7) is 9.08. The van der Waals surface area contributed by atoms with E-state index < -0.39 is 17.4 Å². The maximum Gasteiger partial charge on any atom is 0.191 e. The minimum Gasteiger partial charge on any atom is -0.373 e. The number of rotatable bonds is 16. The van der Waals surface area contributed by atoms with Crippen LogP contribution in [0.1, 0.15) is 96.1 Å². The summed E-state index contributed by atoms with van der Waals surface area (Å²) in [5, 5.41) is 10.1. The molecule has 0 bridgehead atoms. The van der Waals surface area contributed by atoms with Crippen molar-refractivity contribution in [3.8, 4) is 0 Å². The van der Waals surface area contributed by atoms with Crippen LogP contribution >= 0.6 is 11.8 Å². The quantitative estimate of drug-likeness (QED) is 0.0920. The molecule has 0 N–H and O–H groups in total. The van der Waals surface area contributed by atoms with Gasteiger partial charge in [-0.2, -0.15) is 0 Å². The second-order valence-corrected chi connectivity index (χ2v) is 16.3. The van der Waals surface area contributed by atoms with Crippen LogP contribution in [-0.2, 0) is 33.2 Å². The molecule has 8 rings (SSSR count). The number of hydrogen-bond acceptors (Lipinski definition) is 13. The lowest BCUT2D eigenvalue weighted by Crippen LogP contribution is -2.34. The fraction of sp³-hybridized carbons (Fsp3) is 0.737.